The minimum atomic E-state index is -0.864. The van der Waals surface area contributed by atoms with Gasteiger partial charge in [0.15, 0.2) is 0 Å². The number of rotatable bonds is 2. The number of hydrogen-bond donors (Lipinski definition) is 1. The summed E-state index contributed by atoms with van der Waals surface area (Å²) < 4.78 is 26.3. The zero-order valence-electron chi connectivity index (χ0n) is 9.20. The van der Waals surface area contributed by atoms with Crippen molar-refractivity contribution >= 4 is 11.7 Å². The van der Waals surface area contributed by atoms with Gasteiger partial charge in [-0.25, -0.2) is 8.78 Å². The standard InChI is InChI=1S/C12H13F2NO2/c13-9-3-4-11(10(14)6-9)15-5-1-2-8(7-15)12(16)17/h3-4,6,8H,1-2,5,7H2,(H,16,17). The van der Waals surface area contributed by atoms with Gasteiger partial charge in [0.1, 0.15) is 11.6 Å². The van der Waals surface area contributed by atoms with Gasteiger partial charge in [0.05, 0.1) is 11.6 Å². The molecule has 17 heavy (non-hydrogen) atoms. The Morgan fingerprint density at radius 1 is 1.41 bits per heavy atom. The SMILES string of the molecule is O=C(O)C1CCCN(c2ccc(F)cc2F)C1. The fourth-order valence-corrected chi connectivity index (χ4v) is 2.14. The largest absolute Gasteiger partial charge is 0.481 e. The minimum absolute atomic E-state index is 0.275. The van der Waals surface area contributed by atoms with Gasteiger partial charge >= 0.3 is 5.97 Å². The van der Waals surface area contributed by atoms with Gasteiger partial charge in [0, 0.05) is 19.2 Å². The van der Waals surface area contributed by atoms with Crippen LogP contribution in [0.2, 0.25) is 0 Å². The van der Waals surface area contributed by atoms with Crippen molar-refractivity contribution in [2.24, 2.45) is 5.92 Å². The maximum absolute atomic E-state index is 13.5. The summed E-state index contributed by atoms with van der Waals surface area (Å²) in [6, 6.07) is 3.36. The van der Waals surface area contributed by atoms with Gasteiger partial charge in [-0.2, -0.15) is 0 Å². The number of hydrogen-bond acceptors (Lipinski definition) is 2. The molecule has 1 aromatic rings. The number of carbonyl (C=O) groups is 1. The van der Waals surface area contributed by atoms with Crippen LogP contribution in [0.15, 0.2) is 18.2 Å². The van der Waals surface area contributed by atoms with Crippen molar-refractivity contribution in [1.82, 2.24) is 0 Å². The van der Waals surface area contributed by atoms with E-state index < -0.39 is 23.5 Å². The Hall–Kier alpha value is -1.65. The molecule has 1 unspecified atom stereocenters. The van der Waals surface area contributed by atoms with Gasteiger partial charge in [-0.05, 0) is 25.0 Å². The van der Waals surface area contributed by atoms with Crippen LogP contribution in [0.5, 0.6) is 0 Å². The van der Waals surface area contributed by atoms with Gasteiger partial charge in [0.2, 0.25) is 0 Å². The number of halogens is 2. The number of carboxylic acids is 1. The minimum Gasteiger partial charge on any atom is -0.481 e. The molecule has 1 aliphatic rings. The molecule has 1 saturated heterocycles. The fourth-order valence-electron chi connectivity index (χ4n) is 2.14. The lowest BCUT2D eigenvalue weighted by molar-refractivity contribution is -0.141. The quantitative estimate of drug-likeness (QED) is 0.863. The van der Waals surface area contributed by atoms with Crippen molar-refractivity contribution in [2.45, 2.75) is 12.8 Å². The number of aliphatic carboxylic acids is 1. The Bertz CT molecular complexity index is 437. The molecule has 92 valence electrons. The molecule has 1 heterocycles. The first-order chi connectivity index (χ1) is 8.08. The summed E-state index contributed by atoms with van der Waals surface area (Å²) in [6.45, 7) is 0.879. The first kappa shape index (κ1) is 11.8. The number of benzene rings is 1. The van der Waals surface area contributed by atoms with Crippen molar-refractivity contribution in [3.63, 3.8) is 0 Å². The van der Waals surface area contributed by atoms with E-state index in [-0.39, 0.29) is 12.2 Å². The van der Waals surface area contributed by atoms with E-state index in [4.69, 9.17) is 5.11 Å². The molecule has 0 aliphatic carbocycles. The molecule has 2 rings (SSSR count). The fraction of sp³-hybridized carbons (Fsp3) is 0.417. The van der Waals surface area contributed by atoms with Gasteiger partial charge in [-0.1, -0.05) is 0 Å². The van der Waals surface area contributed by atoms with E-state index in [1.54, 1.807) is 4.90 Å². The molecule has 1 atom stereocenters. The summed E-state index contributed by atoms with van der Waals surface area (Å²) in [6.07, 6.45) is 1.31. The van der Waals surface area contributed by atoms with Crippen LogP contribution in [0.25, 0.3) is 0 Å². The predicted molar refractivity (Wildman–Crippen MR) is 58.9 cm³/mol. The van der Waals surface area contributed by atoms with Crippen LogP contribution in [-0.2, 0) is 4.79 Å². The number of anilines is 1. The molecule has 0 aromatic heterocycles. The molecular weight excluding hydrogens is 228 g/mol. The van der Waals surface area contributed by atoms with E-state index in [2.05, 4.69) is 0 Å². The van der Waals surface area contributed by atoms with Crippen molar-refractivity contribution in [2.75, 3.05) is 18.0 Å². The number of nitrogens with zero attached hydrogens (tertiary/aromatic N) is 1. The zero-order chi connectivity index (χ0) is 12.4. The van der Waals surface area contributed by atoms with E-state index in [0.29, 0.717) is 19.4 Å². The molecule has 0 amide bonds. The molecule has 1 fully saturated rings. The summed E-state index contributed by atoms with van der Waals surface area (Å²) in [5, 5.41) is 8.94. The summed E-state index contributed by atoms with van der Waals surface area (Å²) in [5.74, 6) is -2.61. The Morgan fingerprint density at radius 2 is 2.18 bits per heavy atom. The highest BCUT2D eigenvalue weighted by molar-refractivity contribution is 5.71. The zero-order valence-corrected chi connectivity index (χ0v) is 9.20. The van der Waals surface area contributed by atoms with Crippen LogP contribution in [0, 0.1) is 17.6 Å². The first-order valence-electron chi connectivity index (χ1n) is 5.50. The monoisotopic (exact) mass is 241 g/mol. The molecule has 1 N–H and O–H groups in total. The predicted octanol–water partition coefficient (Wildman–Crippen LogP) is 2.27. The lowest BCUT2D eigenvalue weighted by Gasteiger charge is -2.32. The van der Waals surface area contributed by atoms with Gasteiger partial charge in [-0.15, -0.1) is 0 Å². The van der Waals surface area contributed by atoms with Crippen LogP contribution in [-0.4, -0.2) is 24.2 Å². The molecule has 1 aromatic carbocycles. The normalized spacial score (nSPS) is 20.4. The second kappa shape index (κ2) is 4.69. The Morgan fingerprint density at radius 3 is 2.82 bits per heavy atom. The van der Waals surface area contributed by atoms with Crippen LogP contribution >= 0.6 is 0 Å². The summed E-state index contributed by atoms with van der Waals surface area (Å²) in [4.78, 5) is 12.6. The lowest BCUT2D eigenvalue weighted by atomic mass is 9.98. The topological polar surface area (TPSA) is 40.5 Å². The summed E-state index contributed by atoms with van der Waals surface area (Å²) in [7, 11) is 0. The van der Waals surface area contributed by atoms with Gasteiger partial charge < -0.3 is 10.0 Å². The van der Waals surface area contributed by atoms with Crippen LogP contribution in [0.3, 0.4) is 0 Å². The molecule has 0 radical (unpaired) electrons. The van der Waals surface area contributed by atoms with E-state index in [0.717, 1.165) is 6.07 Å². The third-order valence-corrected chi connectivity index (χ3v) is 3.02. The Balaban J connectivity index is 2.19. The second-order valence-electron chi connectivity index (χ2n) is 4.22. The van der Waals surface area contributed by atoms with Crippen LogP contribution in [0.1, 0.15) is 12.8 Å². The third-order valence-electron chi connectivity index (χ3n) is 3.02. The summed E-state index contributed by atoms with van der Waals surface area (Å²) in [5.41, 5.74) is 0.275. The highest BCUT2D eigenvalue weighted by atomic mass is 19.1. The van der Waals surface area contributed by atoms with E-state index in [1.807, 2.05) is 0 Å². The summed E-state index contributed by atoms with van der Waals surface area (Å²) >= 11 is 0. The smallest absolute Gasteiger partial charge is 0.308 e. The average molecular weight is 241 g/mol. The van der Waals surface area contributed by atoms with Crippen molar-refractivity contribution in [3.05, 3.63) is 29.8 Å². The highest BCUT2D eigenvalue weighted by Crippen LogP contribution is 2.26. The second-order valence-corrected chi connectivity index (χ2v) is 4.22. The van der Waals surface area contributed by atoms with Gasteiger partial charge in [-0.3, -0.25) is 4.79 Å². The van der Waals surface area contributed by atoms with Crippen molar-refractivity contribution in [3.8, 4) is 0 Å². The van der Waals surface area contributed by atoms with Gasteiger partial charge in [0.25, 0.3) is 0 Å². The average Bonchev–Trinajstić information content (AvgIpc) is 2.29. The van der Waals surface area contributed by atoms with Crippen LogP contribution in [0.4, 0.5) is 14.5 Å². The number of piperidine rings is 1. The van der Waals surface area contributed by atoms with Crippen LogP contribution < -0.4 is 4.90 Å². The maximum atomic E-state index is 13.5. The molecule has 1 aliphatic heterocycles. The highest BCUT2D eigenvalue weighted by Gasteiger charge is 2.26. The van der Waals surface area contributed by atoms with Crippen molar-refractivity contribution in [1.29, 1.82) is 0 Å². The van der Waals surface area contributed by atoms with Crippen molar-refractivity contribution < 1.29 is 18.7 Å². The molecule has 0 saturated carbocycles. The van der Waals surface area contributed by atoms with E-state index in [1.165, 1.54) is 12.1 Å². The Kier molecular flexibility index (Phi) is 3.26. The van der Waals surface area contributed by atoms with E-state index >= 15 is 0 Å². The maximum Gasteiger partial charge on any atom is 0.308 e. The lowest BCUT2D eigenvalue weighted by Crippen LogP contribution is -2.39. The Labute approximate surface area is 97.7 Å². The molecular formula is C12H13F2NO2. The molecule has 5 heteroatoms. The third kappa shape index (κ3) is 2.54. The molecule has 0 spiro atoms. The molecule has 3 nitrogen and oxygen atoms in total. The molecule has 0 bridgehead atoms. The van der Waals surface area contributed by atoms with E-state index in [9.17, 15) is 13.6 Å². The number of carboxylic acid groups (broad SMARTS) is 1. The first-order valence-corrected chi connectivity index (χ1v) is 5.50.